The molecule has 0 aromatic rings. The summed E-state index contributed by atoms with van der Waals surface area (Å²) in [7, 11) is 0. The molecule has 0 aromatic carbocycles. The van der Waals surface area contributed by atoms with Crippen LogP contribution in [0.2, 0.25) is 0 Å². The van der Waals surface area contributed by atoms with Crippen molar-refractivity contribution in [1.82, 2.24) is 5.32 Å². The van der Waals surface area contributed by atoms with E-state index >= 15 is 0 Å². The predicted octanol–water partition coefficient (Wildman–Crippen LogP) is 2.62. The van der Waals surface area contributed by atoms with Crippen molar-refractivity contribution in [3.8, 4) is 0 Å². The zero-order valence-corrected chi connectivity index (χ0v) is 11.7. The van der Waals surface area contributed by atoms with E-state index in [4.69, 9.17) is 11.6 Å². The van der Waals surface area contributed by atoms with Crippen LogP contribution in [0.3, 0.4) is 0 Å². The molecule has 0 rings (SSSR count). The Morgan fingerprint density at radius 2 is 1.58 bits per heavy atom. The van der Waals surface area contributed by atoms with Crippen LogP contribution in [-0.2, 0) is 9.59 Å². The van der Waals surface area contributed by atoms with Crippen LogP contribution in [0.1, 0.15) is 27.7 Å². The number of ketones is 1. The molecule has 0 aliphatic carbocycles. The van der Waals surface area contributed by atoms with Gasteiger partial charge in [-0.1, -0.05) is 13.8 Å². The van der Waals surface area contributed by atoms with E-state index in [0.717, 1.165) is 0 Å². The topological polar surface area (TPSA) is 46.2 Å². The molecule has 0 heterocycles. The Bertz CT molecular complexity index is 370. The smallest absolute Gasteiger partial charge is 0.345 e. The Labute approximate surface area is 113 Å². The van der Waals surface area contributed by atoms with Crippen LogP contribution >= 0.6 is 11.6 Å². The molecule has 112 valence electrons. The van der Waals surface area contributed by atoms with Crippen molar-refractivity contribution in [2.24, 2.45) is 5.41 Å². The third-order valence-corrected chi connectivity index (χ3v) is 3.63. The van der Waals surface area contributed by atoms with Gasteiger partial charge in [0.1, 0.15) is 0 Å². The van der Waals surface area contributed by atoms with Crippen molar-refractivity contribution < 1.29 is 27.2 Å². The summed E-state index contributed by atoms with van der Waals surface area (Å²) in [5.74, 6) is -7.81. The van der Waals surface area contributed by atoms with Crippen molar-refractivity contribution in [3.63, 3.8) is 0 Å². The summed E-state index contributed by atoms with van der Waals surface area (Å²) in [6.07, 6.45) is -4.12. The van der Waals surface area contributed by atoms with Crippen LogP contribution in [0, 0.1) is 5.41 Å². The molecule has 3 nitrogen and oxygen atoms in total. The molecule has 0 aliphatic heterocycles. The Hall–Kier alpha value is -0.850. The highest BCUT2D eigenvalue weighted by Crippen LogP contribution is 2.33. The van der Waals surface area contributed by atoms with Gasteiger partial charge >= 0.3 is 12.3 Å². The van der Waals surface area contributed by atoms with E-state index in [1.807, 2.05) is 0 Å². The molecule has 0 saturated heterocycles. The lowest BCUT2D eigenvalue weighted by atomic mass is 9.71. The van der Waals surface area contributed by atoms with Gasteiger partial charge in [0.05, 0.1) is 5.88 Å². The summed E-state index contributed by atoms with van der Waals surface area (Å²) >= 11 is 5.39. The first kappa shape index (κ1) is 18.1. The average molecular weight is 306 g/mol. The minimum Gasteiger partial charge on any atom is -0.345 e. The maximum atomic E-state index is 12.9. The lowest BCUT2D eigenvalue weighted by molar-refractivity contribution is -0.172. The summed E-state index contributed by atoms with van der Waals surface area (Å²) < 4.78 is 49.9. The largest absolute Gasteiger partial charge is 0.383 e. The van der Waals surface area contributed by atoms with E-state index < -0.39 is 35.0 Å². The normalized spacial score (nSPS) is 13.6. The molecule has 0 spiro atoms. The maximum Gasteiger partial charge on any atom is 0.383 e. The van der Waals surface area contributed by atoms with Crippen molar-refractivity contribution in [2.75, 3.05) is 5.88 Å². The number of alkyl halides is 5. The SMILES string of the molecule is CC(C)(NC(=O)C(F)(F)C(F)F)C(C)(C)C(=O)CCl. The molecule has 0 saturated carbocycles. The van der Waals surface area contributed by atoms with E-state index in [1.54, 1.807) is 5.32 Å². The van der Waals surface area contributed by atoms with E-state index in [2.05, 4.69) is 0 Å². The maximum absolute atomic E-state index is 12.9. The fourth-order valence-electron chi connectivity index (χ4n) is 1.14. The molecule has 19 heavy (non-hydrogen) atoms. The zero-order chi connectivity index (χ0) is 15.6. The summed E-state index contributed by atoms with van der Waals surface area (Å²) in [4.78, 5) is 22.8. The predicted molar refractivity (Wildman–Crippen MR) is 62.7 cm³/mol. The second-order valence-corrected chi connectivity index (χ2v) is 5.45. The number of carbonyl (C=O) groups excluding carboxylic acids is 2. The van der Waals surface area contributed by atoms with E-state index in [0.29, 0.717) is 0 Å². The fourth-order valence-corrected chi connectivity index (χ4v) is 1.47. The third kappa shape index (κ3) is 3.58. The molecule has 0 unspecified atom stereocenters. The summed E-state index contributed by atoms with van der Waals surface area (Å²) in [6.45, 7) is 5.35. The van der Waals surface area contributed by atoms with Gasteiger partial charge in [-0.25, -0.2) is 8.78 Å². The number of nitrogens with one attached hydrogen (secondary N) is 1. The highest BCUT2D eigenvalue weighted by atomic mass is 35.5. The average Bonchev–Trinajstić information content (AvgIpc) is 2.26. The number of rotatable bonds is 6. The molecule has 0 radical (unpaired) electrons. The Kier molecular flexibility index (Phi) is 5.39. The van der Waals surface area contributed by atoms with Crippen molar-refractivity contribution in [1.29, 1.82) is 0 Å². The van der Waals surface area contributed by atoms with Gasteiger partial charge in [-0.2, -0.15) is 8.78 Å². The Morgan fingerprint density at radius 3 is 1.89 bits per heavy atom. The van der Waals surface area contributed by atoms with Gasteiger partial charge in [0.25, 0.3) is 5.91 Å². The quantitative estimate of drug-likeness (QED) is 0.606. The summed E-state index contributed by atoms with van der Waals surface area (Å²) in [5.41, 5.74) is -2.75. The van der Waals surface area contributed by atoms with Crippen molar-refractivity contribution in [2.45, 2.75) is 45.6 Å². The Balaban J connectivity index is 5.18. The Morgan fingerprint density at radius 1 is 1.16 bits per heavy atom. The van der Waals surface area contributed by atoms with Crippen LogP contribution < -0.4 is 5.32 Å². The number of hydrogen-bond donors (Lipinski definition) is 1. The zero-order valence-electron chi connectivity index (χ0n) is 11.0. The second-order valence-electron chi connectivity index (χ2n) is 5.18. The first-order valence-corrected chi connectivity index (χ1v) is 5.92. The van der Waals surface area contributed by atoms with Crippen LogP contribution in [0.5, 0.6) is 0 Å². The molecule has 0 aliphatic rings. The van der Waals surface area contributed by atoms with Gasteiger partial charge in [0.15, 0.2) is 5.78 Å². The molecule has 0 aromatic heterocycles. The number of hydrogen-bond acceptors (Lipinski definition) is 2. The third-order valence-electron chi connectivity index (χ3n) is 3.38. The monoisotopic (exact) mass is 305 g/mol. The fraction of sp³-hybridized carbons (Fsp3) is 0.818. The molecule has 0 fully saturated rings. The first-order chi connectivity index (χ1) is 8.30. The highest BCUT2D eigenvalue weighted by molar-refractivity contribution is 6.28. The highest BCUT2D eigenvalue weighted by Gasteiger charge is 2.53. The van der Waals surface area contributed by atoms with Gasteiger partial charge in [-0.15, -0.1) is 11.6 Å². The standard InChI is InChI=1S/C11H16ClF4NO2/c1-9(2,6(18)5-12)10(3,4)17-8(19)11(15,16)7(13)14/h7H,5H2,1-4H3,(H,17,19). The summed E-state index contributed by atoms with van der Waals surface area (Å²) in [5, 5.41) is 1.78. The molecular formula is C11H16ClF4NO2. The van der Waals surface area contributed by atoms with Gasteiger partial charge in [0.2, 0.25) is 0 Å². The molecule has 1 amide bonds. The van der Waals surface area contributed by atoms with E-state index in [1.165, 1.54) is 27.7 Å². The van der Waals surface area contributed by atoms with Crippen molar-refractivity contribution in [3.05, 3.63) is 0 Å². The number of amides is 1. The molecule has 0 bridgehead atoms. The molecule has 1 N–H and O–H groups in total. The minimum absolute atomic E-state index is 0.377. The minimum atomic E-state index is -4.81. The van der Waals surface area contributed by atoms with Gasteiger partial charge in [-0.3, -0.25) is 9.59 Å². The number of halogens is 5. The number of Topliss-reactive ketones (excluding diaryl/α,β-unsaturated/α-hetero) is 1. The van der Waals surface area contributed by atoms with Crippen LogP contribution in [0.4, 0.5) is 17.6 Å². The first-order valence-electron chi connectivity index (χ1n) is 5.38. The van der Waals surface area contributed by atoms with E-state index in [9.17, 15) is 27.2 Å². The van der Waals surface area contributed by atoms with E-state index in [-0.39, 0.29) is 5.88 Å². The van der Waals surface area contributed by atoms with Crippen LogP contribution in [0.25, 0.3) is 0 Å². The molecule has 8 heteroatoms. The molecular weight excluding hydrogens is 290 g/mol. The number of carbonyl (C=O) groups is 2. The van der Waals surface area contributed by atoms with Crippen LogP contribution in [-0.4, -0.2) is 35.5 Å². The summed E-state index contributed by atoms with van der Waals surface area (Å²) in [6, 6.07) is 0. The van der Waals surface area contributed by atoms with Crippen LogP contribution in [0.15, 0.2) is 0 Å². The molecule has 0 atom stereocenters. The van der Waals surface area contributed by atoms with Gasteiger partial charge in [0, 0.05) is 11.0 Å². The van der Waals surface area contributed by atoms with Gasteiger partial charge < -0.3 is 5.32 Å². The van der Waals surface area contributed by atoms with Gasteiger partial charge in [-0.05, 0) is 13.8 Å². The lowest BCUT2D eigenvalue weighted by Gasteiger charge is -2.41. The van der Waals surface area contributed by atoms with Crippen molar-refractivity contribution >= 4 is 23.3 Å². The lowest BCUT2D eigenvalue weighted by Crippen LogP contribution is -2.61. The second kappa shape index (κ2) is 5.64.